The van der Waals surface area contributed by atoms with E-state index in [2.05, 4.69) is 35.8 Å². The molecule has 0 aliphatic rings. The highest BCUT2D eigenvalue weighted by Crippen LogP contribution is 2.11. The summed E-state index contributed by atoms with van der Waals surface area (Å²) < 4.78 is 11.0. The van der Waals surface area contributed by atoms with Gasteiger partial charge < -0.3 is 9.26 Å². The second kappa shape index (κ2) is 7.94. The Morgan fingerprint density at radius 2 is 1.95 bits per heavy atom. The maximum Gasteiger partial charge on any atom is 0.240 e. The molecule has 0 saturated carbocycles. The second-order valence-corrected chi connectivity index (χ2v) is 6.10. The van der Waals surface area contributed by atoms with Crippen molar-refractivity contribution in [3.8, 4) is 5.75 Å². The zero-order valence-electron chi connectivity index (χ0n) is 13.9. The SMILES string of the molecule is Cc1ccc(OCCN(C)Cc2nc(CC(C)C)no2)cc1. The Hall–Kier alpha value is -1.88. The summed E-state index contributed by atoms with van der Waals surface area (Å²) in [5.41, 5.74) is 1.23. The van der Waals surface area contributed by atoms with Gasteiger partial charge in [-0.15, -0.1) is 0 Å². The predicted octanol–water partition coefficient (Wildman–Crippen LogP) is 3.09. The van der Waals surface area contributed by atoms with Gasteiger partial charge in [-0.2, -0.15) is 4.98 Å². The quantitative estimate of drug-likeness (QED) is 0.750. The molecule has 0 aliphatic heterocycles. The van der Waals surface area contributed by atoms with Gasteiger partial charge in [-0.3, -0.25) is 4.90 Å². The first-order valence-corrected chi connectivity index (χ1v) is 7.72. The van der Waals surface area contributed by atoms with Gasteiger partial charge >= 0.3 is 0 Å². The lowest BCUT2D eigenvalue weighted by Crippen LogP contribution is -2.24. The predicted molar refractivity (Wildman–Crippen MR) is 85.8 cm³/mol. The van der Waals surface area contributed by atoms with Crippen molar-refractivity contribution in [2.75, 3.05) is 20.2 Å². The zero-order chi connectivity index (χ0) is 15.9. The summed E-state index contributed by atoms with van der Waals surface area (Å²) in [6.07, 6.45) is 0.851. The zero-order valence-corrected chi connectivity index (χ0v) is 13.9. The molecule has 0 spiro atoms. The van der Waals surface area contributed by atoms with Crippen molar-refractivity contribution in [3.63, 3.8) is 0 Å². The van der Waals surface area contributed by atoms with Crippen LogP contribution in [0.3, 0.4) is 0 Å². The van der Waals surface area contributed by atoms with Crippen LogP contribution in [0.1, 0.15) is 31.1 Å². The van der Waals surface area contributed by atoms with E-state index in [9.17, 15) is 0 Å². The van der Waals surface area contributed by atoms with Crippen molar-refractivity contribution in [1.82, 2.24) is 15.0 Å². The van der Waals surface area contributed by atoms with E-state index in [4.69, 9.17) is 9.26 Å². The van der Waals surface area contributed by atoms with E-state index in [0.29, 0.717) is 25.0 Å². The molecule has 0 amide bonds. The van der Waals surface area contributed by atoms with E-state index in [1.807, 2.05) is 31.3 Å². The Bertz CT molecular complexity index is 564. The Kier molecular flexibility index (Phi) is 5.95. The van der Waals surface area contributed by atoms with Crippen LogP contribution in [0.2, 0.25) is 0 Å². The number of aromatic nitrogens is 2. The van der Waals surface area contributed by atoms with E-state index < -0.39 is 0 Å². The minimum Gasteiger partial charge on any atom is -0.492 e. The smallest absolute Gasteiger partial charge is 0.240 e. The van der Waals surface area contributed by atoms with Gasteiger partial charge in [0, 0.05) is 13.0 Å². The maximum atomic E-state index is 5.72. The van der Waals surface area contributed by atoms with Crippen LogP contribution in [0, 0.1) is 12.8 Å². The van der Waals surface area contributed by atoms with Crippen LogP contribution in [0.25, 0.3) is 0 Å². The van der Waals surface area contributed by atoms with Crippen LogP contribution in [0.4, 0.5) is 0 Å². The van der Waals surface area contributed by atoms with Crippen molar-refractivity contribution in [2.24, 2.45) is 5.92 Å². The molecule has 0 saturated heterocycles. The molecule has 0 aliphatic carbocycles. The molecule has 0 atom stereocenters. The molecule has 1 heterocycles. The number of likely N-dealkylation sites (N-methyl/N-ethyl adjacent to an activating group) is 1. The fourth-order valence-corrected chi connectivity index (χ4v) is 2.07. The van der Waals surface area contributed by atoms with E-state index >= 15 is 0 Å². The highest BCUT2D eigenvalue weighted by atomic mass is 16.5. The Balaban J connectivity index is 1.72. The number of hydrogen-bond acceptors (Lipinski definition) is 5. The summed E-state index contributed by atoms with van der Waals surface area (Å²) >= 11 is 0. The lowest BCUT2D eigenvalue weighted by molar-refractivity contribution is 0.212. The van der Waals surface area contributed by atoms with E-state index in [1.165, 1.54) is 5.56 Å². The van der Waals surface area contributed by atoms with E-state index in [-0.39, 0.29) is 0 Å². The molecule has 120 valence electrons. The van der Waals surface area contributed by atoms with Crippen LogP contribution in [0.5, 0.6) is 5.75 Å². The molecule has 5 nitrogen and oxygen atoms in total. The minimum atomic E-state index is 0.533. The first kappa shape index (κ1) is 16.5. The summed E-state index contributed by atoms with van der Waals surface area (Å²) in [6, 6.07) is 8.08. The normalized spacial score (nSPS) is 11.4. The molecule has 5 heteroatoms. The molecule has 0 N–H and O–H groups in total. The molecular formula is C17H25N3O2. The van der Waals surface area contributed by atoms with Gasteiger partial charge in [-0.05, 0) is 32.0 Å². The third kappa shape index (κ3) is 5.48. The van der Waals surface area contributed by atoms with Crippen LogP contribution in [-0.2, 0) is 13.0 Å². The highest BCUT2D eigenvalue weighted by molar-refractivity contribution is 5.26. The molecule has 2 aromatic rings. The molecule has 0 bridgehead atoms. The molecule has 2 rings (SSSR count). The number of rotatable bonds is 8. The average molecular weight is 303 g/mol. The Morgan fingerprint density at radius 1 is 1.23 bits per heavy atom. The van der Waals surface area contributed by atoms with Crippen molar-refractivity contribution >= 4 is 0 Å². The molecule has 1 aromatic heterocycles. The van der Waals surface area contributed by atoms with Gasteiger partial charge in [-0.1, -0.05) is 36.7 Å². The molecule has 1 aromatic carbocycles. The maximum absolute atomic E-state index is 5.72. The molecule has 0 fully saturated rings. The lowest BCUT2D eigenvalue weighted by Gasteiger charge is -2.14. The number of ether oxygens (including phenoxy) is 1. The standard InChI is InChI=1S/C17H25N3O2/c1-13(2)11-16-18-17(22-19-16)12-20(4)9-10-21-15-7-5-14(3)6-8-15/h5-8,13H,9-12H2,1-4H3. The number of benzene rings is 1. The molecule has 0 radical (unpaired) electrons. The number of nitrogens with zero attached hydrogens (tertiary/aromatic N) is 3. The summed E-state index contributed by atoms with van der Waals surface area (Å²) in [4.78, 5) is 6.52. The van der Waals surface area contributed by atoms with E-state index in [0.717, 1.165) is 24.5 Å². The van der Waals surface area contributed by atoms with Gasteiger partial charge in [0.25, 0.3) is 0 Å². The van der Waals surface area contributed by atoms with Crippen molar-refractivity contribution < 1.29 is 9.26 Å². The van der Waals surface area contributed by atoms with E-state index in [1.54, 1.807) is 0 Å². The van der Waals surface area contributed by atoms with Crippen molar-refractivity contribution in [1.29, 1.82) is 0 Å². The Labute approximate surface area is 132 Å². The lowest BCUT2D eigenvalue weighted by atomic mass is 10.1. The third-order valence-electron chi connectivity index (χ3n) is 3.27. The minimum absolute atomic E-state index is 0.533. The summed E-state index contributed by atoms with van der Waals surface area (Å²) in [5, 5.41) is 4.00. The third-order valence-corrected chi connectivity index (χ3v) is 3.27. The summed E-state index contributed by atoms with van der Waals surface area (Å²) in [5.74, 6) is 2.88. The second-order valence-electron chi connectivity index (χ2n) is 6.10. The van der Waals surface area contributed by atoms with Gasteiger partial charge in [0.1, 0.15) is 12.4 Å². The first-order valence-electron chi connectivity index (χ1n) is 7.72. The summed E-state index contributed by atoms with van der Waals surface area (Å²) in [7, 11) is 2.02. The van der Waals surface area contributed by atoms with Gasteiger partial charge in [0.15, 0.2) is 5.82 Å². The Morgan fingerprint density at radius 3 is 2.64 bits per heavy atom. The van der Waals surface area contributed by atoms with Gasteiger partial charge in [-0.25, -0.2) is 0 Å². The van der Waals surface area contributed by atoms with Crippen molar-refractivity contribution in [2.45, 2.75) is 33.7 Å². The first-order chi connectivity index (χ1) is 10.5. The van der Waals surface area contributed by atoms with Crippen LogP contribution >= 0.6 is 0 Å². The fraction of sp³-hybridized carbons (Fsp3) is 0.529. The number of aryl methyl sites for hydroxylation is 1. The monoisotopic (exact) mass is 303 g/mol. The van der Waals surface area contributed by atoms with Gasteiger partial charge in [0.05, 0.1) is 6.54 Å². The largest absolute Gasteiger partial charge is 0.492 e. The van der Waals surface area contributed by atoms with Crippen LogP contribution in [0.15, 0.2) is 28.8 Å². The van der Waals surface area contributed by atoms with Gasteiger partial charge in [0.2, 0.25) is 5.89 Å². The summed E-state index contributed by atoms with van der Waals surface area (Å²) in [6.45, 7) is 8.43. The topological polar surface area (TPSA) is 51.4 Å². The van der Waals surface area contributed by atoms with Crippen LogP contribution < -0.4 is 4.74 Å². The molecule has 0 unspecified atom stereocenters. The fourth-order valence-electron chi connectivity index (χ4n) is 2.07. The van der Waals surface area contributed by atoms with Crippen molar-refractivity contribution in [3.05, 3.63) is 41.5 Å². The molecular weight excluding hydrogens is 278 g/mol. The molecule has 22 heavy (non-hydrogen) atoms. The van der Waals surface area contributed by atoms with Crippen LogP contribution in [-0.4, -0.2) is 35.2 Å². The highest BCUT2D eigenvalue weighted by Gasteiger charge is 2.10. The average Bonchev–Trinajstić information content (AvgIpc) is 2.87. The number of hydrogen-bond donors (Lipinski definition) is 0.